The Morgan fingerprint density at radius 2 is 1.16 bits per heavy atom. The zero-order valence-electron chi connectivity index (χ0n) is 51.1. The summed E-state index contributed by atoms with van der Waals surface area (Å²) in [6.07, 6.45) is -33.7. The zero-order valence-corrected chi connectivity index (χ0v) is 51.1. The molecule has 7 aliphatic heterocycles. The van der Waals surface area contributed by atoms with Gasteiger partial charge in [0.05, 0.1) is 57.5 Å². The molecular formula is C60H98O29. The van der Waals surface area contributed by atoms with Crippen molar-refractivity contribution in [2.45, 2.75) is 283 Å². The van der Waals surface area contributed by atoms with Crippen molar-refractivity contribution in [1.82, 2.24) is 0 Å². The van der Waals surface area contributed by atoms with Crippen molar-refractivity contribution < 1.29 is 143 Å². The van der Waals surface area contributed by atoms with Gasteiger partial charge in [-0.25, -0.2) is 0 Å². The second-order valence-electron chi connectivity index (χ2n) is 28.1. The average molecular weight is 1280 g/mol. The van der Waals surface area contributed by atoms with Gasteiger partial charge in [-0.1, -0.05) is 39.3 Å². The van der Waals surface area contributed by atoms with Crippen LogP contribution in [0.3, 0.4) is 0 Å². The molecular weight excluding hydrogens is 1180 g/mol. The maximum Gasteiger partial charge on any atom is 0.187 e. The lowest BCUT2D eigenvalue weighted by Gasteiger charge is -2.58. The van der Waals surface area contributed by atoms with Crippen molar-refractivity contribution >= 4 is 0 Å². The largest absolute Gasteiger partial charge is 0.394 e. The molecule has 16 N–H and O–H groups in total. The number of aliphatic hydroxyl groups excluding tert-OH is 15. The maximum absolute atomic E-state index is 12.2. The first kappa shape index (κ1) is 68.9. The first-order chi connectivity index (χ1) is 42.1. The van der Waals surface area contributed by atoms with Crippen LogP contribution in [0, 0.1) is 46.3 Å². The van der Waals surface area contributed by atoms with Crippen LogP contribution in [0.25, 0.3) is 0 Å². The highest BCUT2D eigenvalue weighted by Gasteiger charge is 2.68. The predicted octanol–water partition coefficient (Wildman–Crippen LogP) is -4.41. The minimum absolute atomic E-state index is 0.0844. The highest BCUT2D eigenvalue weighted by Crippen LogP contribution is 2.70. The summed E-state index contributed by atoms with van der Waals surface area (Å²) in [5.74, 6) is -0.391. The van der Waals surface area contributed by atoms with Crippen LogP contribution >= 0.6 is 0 Å². The van der Waals surface area contributed by atoms with Crippen molar-refractivity contribution in [3.8, 4) is 0 Å². The molecule has 3 saturated carbocycles. The molecule has 0 unspecified atom stereocenters. The molecule has 7 heterocycles. The summed E-state index contributed by atoms with van der Waals surface area (Å²) in [7, 11) is 0. The van der Waals surface area contributed by atoms with E-state index in [1.807, 2.05) is 6.92 Å². The van der Waals surface area contributed by atoms with Crippen LogP contribution in [0.15, 0.2) is 11.6 Å². The number of rotatable bonds is 17. The lowest BCUT2D eigenvalue weighted by atomic mass is 9.47. The molecule has 0 bridgehead atoms. The molecule has 38 atom stereocenters. The maximum atomic E-state index is 12.2. The Kier molecular flexibility index (Phi) is 21.1. The van der Waals surface area contributed by atoms with E-state index in [1.54, 1.807) is 0 Å². The van der Waals surface area contributed by atoms with Gasteiger partial charge in [0.2, 0.25) is 0 Å². The van der Waals surface area contributed by atoms with E-state index in [0.29, 0.717) is 43.4 Å². The third-order valence-corrected chi connectivity index (χ3v) is 22.5. The smallest absolute Gasteiger partial charge is 0.187 e. The number of hydrogen-bond acceptors (Lipinski definition) is 29. The van der Waals surface area contributed by atoms with Gasteiger partial charge in [-0.3, -0.25) is 0 Å². The summed E-state index contributed by atoms with van der Waals surface area (Å²) in [6.45, 7) is 9.82. The second-order valence-corrected chi connectivity index (χ2v) is 28.1. The van der Waals surface area contributed by atoms with Gasteiger partial charge in [-0.15, -0.1) is 0 Å². The minimum Gasteiger partial charge on any atom is -0.394 e. The SMILES string of the molecule is C[C@H](CC[C@]1(O)O[C@H]2C[C@H]3[C@@H]4CC=C5C[C@H](O[C@@H]6OC[C@@H](O)[C@H](O)[C@H]6O[C@H]6OC[C@H](O[C@H]7O[C@@H](C)[C@H](O)[C@@H](O)[C@H]7O[C@H]7O[C@@H](C)[C@H](O)[C@@H](O)[C@H]7O)[C@@H](O)[C@@H]6O[C@@H]6OC[C@@H](O)[C@H](O)[C@H]6O)CC[C@]5(C)[C@H]4CC[C@]3(C)[C@H]2[C@@H]1C)CO[C@@H]1O[C@H](CO)[C@@H](O)[C@H](O)[C@H]1O. The first-order valence-electron chi connectivity index (χ1n) is 32.0. The number of aliphatic hydroxyl groups is 16. The van der Waals surface area contributed by atoms with E-state index in [1.165, 1.54) is 19.4 Å². The Morgan fingerprint density at radius 3 is 1.88 bits per heavy atom. The molecule has 0 radical (unpaired) electrons. The second kappa shape index (κ2) is 27.2. The Bertz CT molecular complexity index is 2380. The highest BCUT2D eigenvalue weighted by molar-refractivity contribution is 5.26. The Labute approximate surface area is 516 Å². The van der Waals surface area contributed by atoms with Crippen LogP contribution in [0.5, 0.6) is 0 Å². The van der Waals surface area contributed by atoms with E-state index in [-0.39, 0.29) is 47.9 Å². The van der Waals surface area contributed by atoms with Crippen molar-refractivity contribution in [3.05, 3.63) is 11.6 Å². The normalized spacial score (nSPS) is 55.6. The lowest BCUT2D eigenvalue weighted by molar-refractivity contribution is -0.395. The van der Waals surface area contributed by atoms with E-state index in [4.69, 9.17) is 61.6 Å². The molecule has 512 valence electrons. The van der Waals surface area contributed by atoms with Gasteiger partial charge in [0, 0.05) is 12.3 Å². The summed E-state index contributed by atoms with van der Waals surface area (Å²) >= 11 is 0. The summed E-state index contributed by atoms with van der Waals surface area (Å²) < 4.78 is 78.7. The number of hydrogen-bond donors (Lipinski definition) is 16. The Hall–Kier alpha value is -1.42. The van der Waals surface area contributed by atoms with Gasteiger partial charge in [-0.05, 0) is 106 Å². The van der Waals surface area contributed by atoms with E-state index in [9.17, 15) is 81.7 Å². The van der Waals surface area contributed by atoms with Crippen molar-refractivity contribution in [3.63, 3.8) is 0 Å². The van der Waals surface area contributed by atoms with E-state index in [2.05, 4.69) is 26.8 Å². The number of allylic oxidation sites excluding steroid dienone is 1. The molecule has 0 aromatic carbocycles. The molecule has 7 saturated heterocycles. The standard InChI is InChI=1S/C60H98O29/c1-22(18-77-52-47(74)44(71)41(68)34(17-61)84-52)9-14-60(76)23(2)36-33(89-60)16-30-28-8-7-26-15-27(10-12-58(26,5)29(28)11-13-59(30,36)6)83-55-49(40(67)32(63)20-79-55)88-56-50(86-53-46(73)39(66)31(62)19-78-53)42(69)35(21-80-56)85-57-51(45(72)38(65)25(4)82-57)87-54-48(75)43(70)37(64)24(3)81-54/h7,22-25,27-57,61-76H,8-21H2,1-6H3/t22-,23+,24+,25+,27-,28-,29+,30+,31-,32-,33+,34-,35+,36+,37+,38+,39+,40+,41-,42-,43-,44+,45-,46-,47-,48-,49-,50+,51-,52-,53+,54-,55+,56-,57-,58+,59+,60+/m1/s1. The molecule has 0 amide bonds. The molecule has 89 heavy (non-hydrogen) atoms. The van der Waals surface area contributed by atoms with Crippen LogP contribution in [-0.2, 0) is 61.6 Å². The molecule has 0 aromatic heterocycles. The van der Waals surface area contributed by atoms with Crippen LogP contribution in [0.2, 0.25) is 0 Å². The summed E-state index contributed by atoms with van der Waals surface area (Å²) in [5, 5.41) is 173. The number of ether oxygens (including phenoxy) is 13. The van der Waals surface area contributed by atoms with Crippen LogP contribution in [0.1, 0.15) is 99.3 Å². The fourth-order valence-electron chi connectivity index (χ4n) is 17.0. The Morgan fingerprint density at radius 1 is 0.573 bits per heavy atom. The van der Waals surface area contributed by atoms with Gasteiger partial charge >= 0.3 is 0 Å². The van der Waals surface area contributed by atoms with Crippen LogP contribution < -0.4 is 0 Å². The molecule has 11 rings (SSSR count). The zero-order chi connectivity index (χ0) is 64.1. The monoisotopic (exact) mass is 1280 g/mol. The lowest BCUT2D eigenvalue weighted by Crippen LogP contribution is -2.66. The average Bonchev–Trinajstić information content (AvgIpc) is 1.58. The van der Waals surface area contributed by atoms with Gasteiger partial charge in [-0.2, -0.15) is 0 Å². The van der Waals surface area contributed by atoms with E-state index < -0.39 is 198 Å². The molecule has 4 aliphatic carbocycles. The molecule has 0 spiro atoms. The third-order valence-electron chi connectivity index (χ3n) is 22.5. The van der Waals surface area contributed by atoms with Gasteiger partial charge in [0.15, 0.2) is 43.5 Å². The summed E-state index contributed by atoms with van der Waals surface area (Å²) in [6, 6.07) is 0. The van der Waals surface area contributed by atoms with E-state index in [0.717, 1.165) is 32.1 Å². The highest BCUT2D eigenvalue weighted by atomic mass is 16.8. The molecule has 0 aromatic rings. The van der Waals surface area contributed by atoms with Gasteiger partial charge in [0.25, 0.3) is 0 Å². The number of fused-ring (bicyclic) bond motifs is 7. The molecule has 11 aliphatic rings. The van der Waals surface area contributed by atoms with Gasteiger partial charge in [0.1, 0.15) is 116 Å². The topological polar surface area (TPSA) is 444 Å². The predicted molar refractivity (Wildman–Crippen MR) is 296 cm³/mol. The quantitative estimate of drug-likeness (QED) is 0.0611. The van der Waals surface area contributed by atoms with Crippen molar-refractivity contribution in [2.75, 3.05) is 33.0 Å². The molecule has 29 nitrogen and oxygen atoms in total. The summed E-state index contributed by atoms with van der Waals surface area (Å²) in [5.41, 5.74) is 1.01. The van der Waals surface area contributed by atoms with Crippen molar-refractivity contribution in [1.29, 1.82) is 0 Å². The third kappa shape index (κ3) is 13.0. The van der Waals surface area contributed by atoms with Gasteiger partial charge < -0.3 is 143 Å². The Balaban J connectivity index is 0.736. The van der Waals surface area contributed by atoms with E-state index >= 15 is 0 Å². The first-order valence-corrected chi connectivity index (χ1v) is 32.0. The minimum atomic E-state index is -1.87. The molecule has 29 heteroatoms. The summed E-state index contributed by atoms with van der Waals surface area (Å²) in [4.78, 5) is 0. The fourth-order valence-corrected chi connectivity index (χ4v) is 17.0. The van der Waals surface area contributed by atoms with Crippen molar-refractivity contribution in [2.24, 2.45) is 46.3 Å². The van der Waals surface area contributed by atoms with Crippen LogP contribution in [-0.4, -0.2) is 299 Å². The fraction of sp³-hybridized carbons (Fsp3) is 0.967. The van der Waals surface area contributed by atoms with Crippen LogP contribution in [0.4, 0.5) is 0 Å². The molecule has 10 fully saturated rings.